The predicted molar refractivity (Wildman–Crippen MR) is 228 cm³/mol. The molecule has 0 aromatic heterocycles. The highest BCUT2D eigenvalue weighted by molar-refractivity contribution is 7.47. The van der Waals surface area contributed by atoms with E-state index in [0.29, 0.717) is 23.9 Å². The first-order chi connectivity index (χ1) is 27.0. The lowest BCUT2D eigenvalue weighted by atomic mass is 10.0. The third-order valence-electron chi connectivity index (χ3n) is 9.83. The van der Waals surface area contributed by atoms with Crippen molar-refractivity contribution >= 4 is 19.8 Å². The number of hydrogen-bond acceptors (Lipinski definition) is 8. The molecule has 4 atom stereocenters. The molecule has 1 rings (SSSR count). The van der Waals surface area contributed by atoms with Crippen LogP contribution in [0.15, 0.2) is 36.5 Å². The third kappa shape index (κ3) is 34.3. The van der Waals surface area contributed by atoms with Crippen LogP contribution in [-0.2, 0) is 37.4 Å². The van der Waals surface area contributed by atoms with Crippen LogP contribution in [0.5, 0.6) is 0 Å². The molecule has 1 fully saturated rings. The first kappa shape index (κ1) is 52.2. The Hall–Kier alpha value is -1.81. The molecule has 10 nitrogen and oxygen atoms in total. The van der Waals surface area contributed by atoms with Crippen molar-refractivity contribution in [3.05, 3.63) is 36.5 Å². The predicted octanol–water partition coefficient (Wildman–Crippen LogP) is 11.5. The van der Waals surface area contributed by atoms with Gasteiger partial charge in [0.25, 0.3) is 0 Å². The number of allylic oxidation sites excluding steroid dienone is 4. The number of likely N-dealkylation sites (N-methyl/N-ethyl adjacent to an activating group) is 1. The Kier molecular flexibility index (Phi) is 31.8. The molecule has 1 N–H and O–H groups in total. The van der Waals surface area contributed by atoms with Gasteiger partial charge in [-0.3, -0.25) is 18.6 Å². The SMILES string of the molecule is CCCCC/C=C\C/C=C\CC1OC1C/C=C\CCCC(=O)O[C@H](COC(=O)CCCCCCCCCCCCCCCC)COP(=O)(O)OCC[N+](C)(C)C. The van der Waals surface area contributed by atoms with Crippen molar-refractivity contribution < 1.29 is 46.8 Å². The maximum absolute atomic E-state index is 12.7. The molecular weight excluding hydrogens is 729 g/mol. The Morgan fingerprint density at radius 3 is 1.75 bits per heavy atom. The first-order valence-corrected chi connectivity index (χ1v) is 23.8. The van der Waals surface area contributed by atoms with Gasteiger partial charge >= 0.3 is 19.8 Å². The molecule has 1 aliphatic rings. The van der Waals surface area contributed by atoms with Crippen molar-refractivity contribution in [1.82, 2.24) is 0 Å². The number of unbranched alkanes of at least 4 members (excludes halogenated alkanes) is 17. The third-order valence-corrected chi connectivity index (χ3v) is 10.8. The lowest BCUT2D eigenvalue weighted by Gasteiger charge is -2.24. The Labute approximate surface area is 342 Å². The molecule has 56 heavy (non-hydrogen) atoms. The van der Waals surface area contributed by atoms with Gasteiger partial charge in [0.05, 0.1) is 40.0 Å². The van der Waals surface area contributed by atoms with Crippen LogP contribution in [0, 0.1) is 0 Å². The molecule has 11 heteroatoms. The van der Waals surface area contributed by atoms with Gasteiger partial charge in [0.15, 0.2) is 6.10 Å². The van der Waals surface area contributed by atoms with Crippen LogP contribution in [0.3, 0.4) is 0 Å². The smallest absolute Gasteiger partial charge is 0.462 e. The van der Waals surface area contributed by atoms with Gasteiger partial charge in [-0.05, 0) is 51.4 Å². The highest BCUT2D eigenvalue weighted by Crippen LogP contribution is 2.43. The number of carbonyl (C=O) groups excluding carboxylic acids is 2. The zero-order chi connectivity index (χ0) is 41.2. The molecule has 0 bridgehead atoms. The van der Waals surface area contributed by atoms with Crippen LogP contribution in [0.4, 0.5) is 0 Å². The van der Waals surface area contributed by atoms with Crippen LogP contribution in [0.2, 0.25) is 0 Å². The van der Waals surface area contributed by atoms with E-state index in [4.69, 9.17) is 23.3 Å². The maximum Gasteiger partial charge on any atom is 0.472 e. The topological polar surface area (TPSA) is 121 Å². The maximum atomic E-state index is 12.7. The van der Waals surface area contributed by atoms with Gasteiger partial charge in [-0.2, -0.15) is 0 Å². The monoisotopic (exact) mass is 813 g/mol. The summed E-state index contributed by atoms with van der Waals surface area (Å²) in [5.74, 6) is -0.869. The lowest BCUT2D eigenvalue weighted by molar-refractivity contribution is -0.870. The highest BCUT2D eigenvalue weighted by atomic mass is 31.2. The van der Waals surface area contributed by atoms with Crippen molar-refractivity contribution in [3.63, 3.8) is 0 Å². The molecule has 0 radical (unpaired) electrons. The molecule has 1 saturated heterocycles. The van der Waals surface area contributed by atoms with E-state index in [9.17, 15) is 19.0 Å². The summed E-state index contributed by atoms with van der Waals surface area (Å²) in [6.45, 7) is 4.32. The average Bonchev–Trinajstić information content (AvgIpc) is 3.90. The number of quaternary nitrogens is 1. The second kappa shape index (κ2) is 34.1. The number of phosphoric ester groups is 1. The van der Waals surface area contributed by atoms with Gasteiger partial charge in [0.2, 0.25) is 0 Å². The molecule has 326 valence electrons. The van der Waals surface area contributed by atoms with E-state index < -0.39 is 26.5 Å². The Morgan fingerprint density at radius 2 is 1.14 bits per heavy atom. The summed E-state index contributed by atoms with van der Waals surface area (Å²) in [5, 5.41) is 0. The Morgan fingerprint density at radius 1 is 0.643 bits per heavy atom. The fourth-order valence-corrected chi connectivity index (χ4v) is 6.91. The van der Waals surface area contributed by atoms with Crippen LogP contribution >= 0.6 is 7.82 Å². The van der Waals surface area contributed by atoms with Crippen molar-refractivity contribution in [2.24, 2.45) is 0 Å². The normalized spacial score (nSPS) is 17.5. The van der Waals surface area contributed by atoms with E-state index in [1.165, 1.54) is 89.9 Å². The van der Waals surface area contributed by atoms with E-state index in [0.717, 1.165) is 44.9 Å². The zero-order valence-corrected chi connectivity index (χ0v) is 37.2. The van der Waals surface area contributed by atoms with Crippen LogP contribution in [0.25, 0.3) is 0 Å². The molecule has 3 unspecified atom stereocenters. The second-order valence-corrected chi connectivity index (χ2v) is 17.9. The van der Waals surface area contributed by atoms with Crippen molar-refractivity contribution in [2.45, 2.75) is 193 Å². The van der Waals surface area contributed by atoms with Crippen LogP contribution < -0.4 is 0 Å². The van der Waals surface area contributed by atoms with Gasteiger partial charge in [-0.1, -0.05) is 147 Å². The quantitative estimate of drug-likeness (QED) is 0.0161. The summed E-state index contributed by atoms with van der Waals surface area (Å²) in [7, 11) is 1.43. The number of rotatable bonds is 39. The molecule has 1 heterocycles. The molecule has 0 aromatic carbocycles. The summed E-state index contributed by atoms with van der Waals surface area (Å²) >= 11 is 0. The van der Waals surface area contributed by atoms with E-state index in [1.807, 2.05) is 21.1 Å². The minimum Gasteiger partial charge on any atom is -0.462 e. The van der Waals surface area contributed by atoms with Crippen molar-refractivity contribution in [2.75, 3.05) is 47.5 Å². The fourth-order valence-electron chi connectivity index (χ4n) is 6.17. The molecule has 0 spiro atoms. The Balaban J connectivity index is 2.33. The minimum atomic E-state index is -4.39. The fraction of sp³-hybridized carbons (Fsp3) is 0.822. The van der Waals surface area contributed by atoms with E-state index in [1.54, 1.807) is 0 Å². The zero-order valence-electron chi connectivity index (χ0n) is 36.3. The minimum absolute atomic E-state index is 0.0190. The first-order valence-electron chi connectivity index (χ1n) is 22.3. The average molecular weight is 813 g/mol. The standard InChI is InChI=1S/C45H82NO9P/c1-6-8-10-12-14-16-17-18-19-20-22-24-26-31-35-44(47)51-39-41(40-53-56(49,50)52-38-37-46(3,4)5)54-45(48)36-32-28-27-30-34-43-42(55-43)33-29-25-23-21-15-13-11-9-7-2/h15,21,25,27,29-30,41-43H,6-14,16-20,22-24,26,28,31-40H2,1-5H3/p+1/b21-15-,29-25-,30-27-/t41-,42?,43?/m1/s1. The Bertz CT molecular complexity index is 1120. The number of hydrogen-bond donors (Lipinski definition) is 1. The van der Waals surface area contributed by atoms with Gasteiger partial charge in [0, 0.05) is 12.8 Å². The second-order valence-electron chi connectivity index (χ2n) is 16.5. The summed E-state index contributed by atoms with van der Waals surface area (Å²) in [6, 6.07) is 0. The number of nitrogens with zero attached hydrogens (tertiary/aromatic N) is 1. The van der Waals surface area contributed by atoms with Crippen molar-refractivity contribution in [3.8, 4) is 0 Å². The molecular formula is C45H83NO9P+. The molecule has 0 saturated carbocycles. The van der Waals surface area contributed by atoms with Gasteiger partial charge in [0.1, 0.15) is 19.8 Å². The number of ether oxygens (including phenoxy) is 3. The molecule has 1 aliphatic heterocycles. The molecule has 0 amide bonds. The van der Waals surface area contributed by atoms with Crippen LogP contribution in [-0.4, -0.2) is 87.1 Å². The lowest BCUT2D eigenvalue weighted by Crippen LogP contribution is -2.37. The van der Waals surface area contributed by atoms with E-state index in [-0.39, 0.29) is 44.2 Å². The number of carbonyl (C=O) groups is 2. The highest BCUT2D eigenvalue weighted by Gasteiger charge is 2.36. The summed E-state index contributed by atoms with van der Waals surface area (Å²) < 4.78 is 40.1. The van der Waals surface area contributed by atoms with Crippen LogP contribution in [0.1, 0.15) is 174 Å². The summed E-state index contributed by atoms with van der Waals surface area (Å²) in [4.78, 5) is 35.4. The number of phosphoric acid groups is 1. The summed E-state index contributed by atoms with van der Waals surface area (Å²) in [5.41, 5.74) is 0. The van der Waals surface area contributed by atoms with Gasteiger partial charge in [-0.15, -0.1) is 0 Å². The van der Waals surface area contributed by atoms with Crippen molar-refractivity contribution in [1.29, 1.82) is 0 Å². The van der Waals surface area contributed by atoms with Gasteiger partial charge in [-0.25, -0.2) is 4.57 Å². The van der Waals surface area contributed by atoms with Gasteiger partial charge < -0.3 is 23.6 Å². The molecule has 0 aromatic rings. The molecule has 0 aliphatic carbocycles. The number of esters is 2. The van der Waals surface area contributed by atoms with E-state index >= 15 is 0 Å². The largest absolute Gasteiger partial charge is 0.472 e. The number of epoxide rings is 1. The van der Waals surface area contributed by atoms with E-state index in [2.05, 4.69) is 50.3 Å². The summed E-state index contributed by atoms with van der Waals surface area (Å²) in [6.07, 6.45) is 39.3.